The number of rotatable bonds is 11. The Morgan fingerprint density at radius 1 is 0.810 bits per heavy atom. The predicted molar refractivity (Wildman–Crippen MR) is 234 cm³/mol. The monoisotopic (exact) mass is 855 g/mol. The van der Waals surface area contributed by atoms with Gasteiger partial charge < -0.3 is 36.2 Å². The number of amidine groups is 1. The van der Waals surface area contributed by atoms with Crippen LogP contribution >= 0.6 is 0 Å². The zero-order valence-corrected chi connectivity index (χ0v) is 35.2. The zero-order valence-electron chi connectivity index (χ0n) is 35.2. The molecule has 6 amide bonds. The van der Waals surface area contributed by atoms with Crippen LogP contribution in [0.3, 0.4) is 0 Å². The minimum atomic E-state index is -0.986. The van der Waals surface area contributed by atoms with E-state index in [1.54, 1.807) is 36.4 Å². The molecule has 16 heteroatoms. The fourth-order valence-corrected chi connectivity index (χ4v) is 10.2. The SMILES string of the molecule is NC(=O)C(C1=N[C@H](C2CCN(C(=O)CCN3CC4(CCN(c5ccc6c(c5)C(=O)N(C5CCC(=O)NC5=O)C6=O)CC4)C3)CC2)CCN1)=C(N)c1ccc(Oc2ccccc2)cc1. The van der Waals surface area contributed by atoms with E-state index < -0.39 is 35.6 Å². The first kappa shape index (κ1) is 41.8. The van der Waals surface area contributed by atoms with Crippen LogP contribution in [0.25, 0.3) is 5.70 Å². The van der Waals surface area contributed by atoms with Crippen molar-refractivity contribution < 1.29 is 33.5 Å². The van der Waals surface area contributed by atoms with Gasteiger partial charge in [-0.05, 0) is 110 Å². The van der Waals surface area contributed by atoms with Gasteiger partial charge in [-0.1, -0.05) is 18.2 Å². The second-order valence-corrected chi connectivity index (χ2v) is 17.7. The maximum absolute atomic E-state index is 13.4. The van der Waals surface area contributed by atoms with Gasteiger partial charge in [0.25, 0.3) is 17.7 Å². The molecule has 16 nitrogen and oxygen atoms in total. The third-order valence-electron chi connectivity index (χ3n) is 13.7. The van der Waals surface area contributed by atoms with Crippen molar-refractivity contribution in [2.24, 2.45) is 27.8 Å². The van der Waals surface area contributed by atoms with Crippen LogP contribution in [0.5, 0.6) is 11.5 Å². The molecule has 4 fully saturated rings. The summed E-state index contributed by atoms with van der Waals surface area (Å²) in [4.78, 5) is 89.4. The number of hydrogen-bond donors (Lipinski definition) is 4. The molecule has 0 bridgehead atoms. The Balaban J connectivity index is 0.725. The van der Waals surface area contributed by atoms with Gasteiger partial charge in [0.05, 0.1) is 22.9 Å². The molecule has 4 saturated heterocycles. The number of carbonyl (C=O) groups is 6. The molecule has 6 N–H and O–H groups in total. The number of nitrogens with zero attached hydrogens (tertiary/aromatic N) is 5. The summed E-state index contributed by atoms with van der Waals surface area (Å²) in [5.41, 5.74) is 15.2. The van der Waals surface area contributed by atoms with Crippen LogP contribution in [-0.4, -0.2) is 120 Å². The highest BCUT2D eigenvalue weighted by atomic mass is 16.5. The first-order chi connectivity index (χ1) is 30.4. The summed E-state index contributed by atoms with van der Waals surface area (Å²) in [7, 11) is 0. The van der Waals surface area contributed by atoms with E-state index in [0.717, 1.165) is 75.4 Å². The molecular formula is C47H53N9O7. The number of primary amides is 1. The van der Waals surface area contributed by atoms with E-state index in [0.29, 0.717) is 54.5 Å². The van der Waals surface area contributed by atoms with Crippen molar-refractivity contribution in [3.05, 3.63) is 95.1 Å². The van der Waals surface area contributed by atoms with Crippen LogP contribution in [0.4, 0.5) is 5.69 Å². The van der Waals surface area contributed by atoms with E-state index in [2.05, 4.69) is 20.4 Å². The molecule has 3 aromatic rings. The van der Waals surface area contributed by atoms with E-state index in [-0.39, 0.29) is 53.0 Å². The molecular weight excluding hydrogens is 803 g/mol. The number of anilines is 1. The third kappa shape index (κ3) is 8.51. The summed E-state index contributed by atoms with van der Waals surface area (Å²) < 4.78 is 5.90. The minimum absolute atomic E-state index is 0.0178. The molecule has 0 saturated carbocycles. The van der Waals surface area contributed by atoms with E-state index in [9.17, 15) is 28.8 Å². The van der Waals surface area contributed by atoms with Gasteiger partial charge in [-0.15, -0.1) is 0 Å². The molecule has 1 unspecified atom stereocenters. The lowest BCUT2D eigenvalue weighted by molar-refractivity contribution is -0.136. The van der Waals surface area contributed by atoms with Gasteiger partial charge in [-0.25, -0.2) is 0 Å². The number of para-hydroxylation sites is 1. The summed E-state index contributed by atoms with van der Waals surface area (Å²) in [5.74, 6) is -0.466. The predicted octanol–water partition coefficient (Wildman–Crippen LogP) is 3.03. The molecule has 328 valence electrons. The Morgan fingerprint density at radius 3 is 2.21 bits per heavy atom. The highest BCUT2D eigenvalue weighted by Crippen LogP contribution is 2.42. The molecule has 0 radical (unpaired) electrons. The van der Waals surface area contributed by atoms with Gasteiger partial charge >= 0.3 is 0 Å². The largest absolute Gasteiger partial charge is 0.457 e. The summed E-state index contributed by atoms with van der Waals surface area (Å²) >= 11 is 0. The Kier molecular flexibility index (Phi) is 11.5. The standard InChI is InChI=1S/C47H53N9O7/c48-41(30-6-9-33(10-7-30)63-32-4-2-1-3-5-32)40(42(49)59)43-50-20-14-36(51-43)29-15-22-55(23-16-29)39(58)17-21-53-27-47(28-53)18-24-54(25-19-47)31-8-11-34-35(26-31)46(62)56(45(34)61)37-12-13-38(57)52-44(37)60/h1-11,26,29,36-37H,12-25,27-28,48H2,(H2,49,59)(H,50,51)(H,52,57,60)/t36-,37?/m0/s1. The number of nitrogens with two attached hydrogens (primary N) is 2. The van der Waals surface area contributed by atoms with Crippen molar-refractivity contribution in [2.75, 3.05) is 57.3 Å². The highest BCUT2D eigenvalue weighted by Gasteiger charge is 2.47. The molecule has 9 rings (SSSR count). The maximum Gasteiger partial charge on any atom is 0.262 e. The van der Waals surface area contributed by atoms with E-state index >= 15 is 0 Å². The second kappa shape index (κ2) is 17.3. The van der Waals surface area contributed by atoms with Crippen molar-refractivity contribution in [1.82, 2.24) is 25.3 Å². The number of carbonyl (C=O) groups excluding carboxylic acids is 6. The lowest BCUT2D eigenvalue weighted by Crippen LogP contribution is -2.60. The number of imide groups is 2. The number of amides is 6. The number of piperidine rings is 3. The molecule has 3 aromatic carbocycles. The van der Waals surface area contributed by atoms with Crippen molar-refractivity contribution in [3.63, 3.8) is 0 Å². The molecule has 2 atom stereocenters. The number of likely N-dealkylation sites (tertiary alicyclic amines) is 2. The summed E-state index contributed by atoms with van der Waals surface area (Å²) in [6.45, 7) is 6.24. The average molecular weight is 856 g/mol. The Bertz CT molecular complexity index is 2380. The van der Waals surface area contributed by atoms with Gasteiger partial charge in [-0.2, -0.15) is 0 Å². The minimum Gasteiger partial charge on any atom is -0.457 e. The zero-order chi connectivity index (χ0) is 43.8. The van der Waals surface area contributed by atoms with Crippen LogP contribution < -0.4 is 31.7 Å². The van der Waals surface area contributed by atoms with Gasteiger partial charge in [0, 0.05) is 70.9 Å². The van der Waals surface area contributed by atoms with Crippen molar-refractivity contribution in [1.29, 1.82) is 0 Å². The van der Waals surface area contributed by atoms with E-state index in [1.165, 1.54) is 0 Å². The highest BCUT2D eigenvalue weighted by molar-refractivity contribution is 6.25. The second-order valence-electron chi connectivity index (χ2n) is 17.7. The number of aliphatic imine (C=N–C) groups is 1. The molecule has 1 spiro atoms. The fraction of sp³-hybridized carbons (Fsp3) is 0.426. The molecule has 6 aliphatic heterocycles. The Morgan fingerprint density at radius 2 is 1.51 bits per heavy atom. The number of fused-ring (bicyclic) bond motifs is 1. The summed E-state index contributed by atoms with van der Waals surface area (Å²) in [5, 5.41) is 5.50. The average Bonchev–Trinajstić information content (AvgIpc) is 3.53. The number of benzene rings is 3. The quantitative estimate of drug-likeness (QED) is 0.163. The Hall–Kier alpha value is -6.55. The normalized spacial score (nSPS) is 23.0. The molecule has 0 aliphatic carbocycles. The number of hydrogen-bond acceptors (Lipinski definition) is 12. The van der Waals surface area contributed by atoms with Gasteiger partial charge in [0.1, 0.15) is 28.9 Å². The van der Waals surface area contributed by atoms with Crippen LogP contribution in [0, 0.1) is 11.3 Å². The molecule has 6 aliphatic rings. The topological polar surface area (TPSA) is 213 Å². The van der Waals surface area contributed by atoms with Crippen molar-refractivity contribution >= 4 is 52.7 Å². The van der Waals surface area contributed by atoms with Crippen molar-refractivity contribution in [3.8, 4) is 11.5 Å². The van der Waals surface area contributed by atoms with Crippen LogP contribution in [0.2, 0.25) is 0 Å². The lowest BCUT2D eigenvalue weighted by atomic mass is 9.72. The smallest absolute Gasteiger partial charge is 0.262 e. The van der Waals surface area contributed by atoms with Crippen LogP contribution in [0.15, 0.2) is 83.4 Å². The Labute approximate surface area is 365 Å². The molecule has 6 heterocycles. The lowest BCUT2D eigenvalue weighted by Gasteiger charge is -2.54. The van der Waals surface area contributed by atoms with Crippen LogP contribution in [0.1, 0.15) is 77.6 Å². The summed E-state index contributed by atoms with van der Waals surface area (Å²) in [6.07, 6.45) is 5.13. The van der Waals surface area contributed by atoms with Crippen molar-refractivity contribution in [2.45, 2.75) is 63.5 Å². The molecule has 0 aromatic heterocycles. The van der Waals surface area contributed by atoms with Gasteiger partial charge in [0.15, 0.2) is 0 Å². The van der Waals surface area contributed by atoms with Gasteiger partial charge in [-0.3, -0.25) is 44.0 Å². The number of ether oxygens (including phenoxy) is 1. The fourth-order valence-electron chi connectivity index (χ4n) is 10.2. The summed E-state index contributed by atoms with van der Waals surface area (Å²) in [6, 6.07) is 20.9. The molecule has 63 heavy (non-hydrogen) atoms. The first-order valence-electron chi connectivity index (χ1n) is 22.0. The number of nitrogens with one attached hydrogen (secondary N) is 2. The van der Waals surface area contributed by atoms with E-state index in [4.69, 9.17) is 21.2 Å². The first-order valence-corrected chi connectivity index (χ1v) is 22.0. The van der Waals surface area contributed by atoms with E-state index in [1.807, 2.05) is 41.3 Å². The maximum atomic E-state index is 13.4. The van der Waals surface area contributed by atoms with Gasteiger partial charge in [0.2, 0.25) is 17.7 Å². The van der Waals surface area contributed by atoms with Crippen LogP contribution in [-0.2, 0) is 19.2 Å². The third-order valence-corrected chi connectivity index (χ3v) is 13.7.